The van der Waals surface area contributed by atoms with Gasteiger partial charge in [-0.3, -0.25) is 4.79 Å². The van der Waals surface area contributed by atoms with Crippen molar-refractivity contribution in [2.24, 2.45) is 11.8 Å². The van der Waals surface area contributed by atoms with Crippen molar-refractivity contribution in [2.75, 3.05) is 13.7 Å². The maximum absolute atomic E-state index is 12.2. The number of hydrogen-bond acceptors (Lipinski definition) is 3. The molecule has 0 heterocycles. The van der Waals surface area contributed by atoms with Crippen LogP contribution < -0.4 is 4.74 Å². The second-order valence-corrected chi connectivity index (χ2v) is 5.65. The van der Waals surface area contributed by atoms with E-state index in [1.807, 2.05) is 26.1 Å². The van der Waals surface area contributed by atoms with Crippen LogP contribution in [0.5, 0.6) is 5.75 Å². The third-order valence-electron chi connectivity index (χ3n) is 3.80. The van der Waals surface area contributed by atoms with E-state index in [4.69, 9.17) is 9.84 Å². The first-order valence-electron chi connectivity index (χ1n) is 7.16. The molecule has 0 radical (unpaired) electrons. The predicted octanol–water partition coefficient (Wildman–Crippen LogP) is 2.15. The highest BCUT2D eigenvalue weighted by Gasteiger charge is 2.33. The fourth-order valence-electron chi connectivity index (χ4n) is 2.33. The predicted molar refractivity (Wildman–Crippen MR) is 77.9 cm³/mol. The van der Waals surface area contributed by atoms with E-state index >= 15 is 0 Å². The minimum Gasteiger partial charge on any atom is -0.482 e. The number of carbonyl (C=O) groups is 2. The molecule has 1 saturated carbocycles. The molecule has 21 heavy (non-hydrogen) atoms. The molecule has 1 aromatic carbocycles. The Labute approximate surface area is 124 Å². The highest BCUT2D eigenvalue weighted by atomic mass is 16.5. The van der Waals surface area contributed by atoms with Gasteiger partial charge in [-0.05, 0) is 36.5 Å². The second-order valence-electron chi connectivity index (χ2n) is 5.65. The number of aliphatic carboxylic acids is 1. The molecular formula is C16H21NO4. The van der Waals surface area contributed by atoms with Gasteiger partial charge in [-0.2, -0.15) is 0 Å². The maximum atomic E-state index is 12.2. The van der Waals surface area contributed by atoms with Crippen molar-refractivity contribution in [3.63, 3.8) is 0 Å². The Hall–Kier alpha value is -2.04. The molecule has 0 spiro atoms. The van der Waals surface area contributed by atoms with E-state index in [9.17, 15) is 9.59 Å². The van der Waals surface area contributed by atoms with Gasteiger partial charge in [0, 0.05) is 19.5 Å². The van der Waals surface area contributed by atoms with Gasteiger partial charge in [0.2, 0.25) is 5.91 Å². The van der Waals surface area contributed by atoms with Crippen molar-refractivity contribution in [3.05, 3.63) is 29.8 Å². The second kappa shape index (κ2) is 6.61. The van der Waals surface area contributed by atoms with Gasteiger partial charge < -0.3 is 14.7 Å². The molecule has 1 fully saturated rings. The van der Waals surface area contributed by atoms with Gasteiger partial charge in [-0.1, -0.05) is 19.1 Å². The average molecular weight is 291 g/mol. The Morgan fingerprint density at radius 2 is 1.95 bits per heavy atom. The summed E-state index contributed by atoms with van der Waals surface area (Å²) in [4.78, 5) is 24.4. The molecule has 0 bridgehead atoms. The van der Waals surface area contributed by atoms with Gasteiger partial charge in [-0.15, -0.1) is 0 Å². The largest absolute Gasteiger partial charge is 0.482 e. The number of rotatable bonds is 7. The first-order valence-corrected chi connectivity index (χ1v) is 7.16. The van der Waals surface area contributed by atoms with Crippen molar-refractivity contribution in [1.82, 2.24) is 4.90 Å². The fraction of sp³-hybridized carbons (Fsp3) is 0.500. The molecule has 1 amide bonds. The van der Waals surface area contributed by atoms with Crippen molar-refractivity contribution in [3.8, 4) is 5.75 Å². The number of carbonyl (C=O) groups excluding carboxylic acids is 1. The molecule has 0 aromatic heterocycles. The van der Waals surface area contributed by atoms with Crippen LogP contribution in [0.1, 0.15) is 25.3 Å². The molecule has 1 aromatic rings. The van der Waals surface area contributed by atoms with E-state index in [-0.39, 0.29) is 18.4 Å². The van der Waals surface area contributed by atoms with Gasteiger partial charge in [0.25, 0.3) is 0 Å². The Balaban J connectivity index is 1.87. The number of hydrogen-bond donors (Lipinski definition) is 1. The summed E-state index contributed by atoms with van der Waals surface area (Å²) in [6.07, 6.45) is 2.33. The first-order chi connectivity index (χ1) is 9.97. The van der Waals surface area contributed by atoms with Gasteiger partial charge in [-0.25, -0.2) is 4.79 Å². The smallest absolute Gasteiger partial charge is 0.341 e. The van der Waals surface area contributed by atoms with Crippen LogP contribution in [-0.4, -0.2) is 35.5 Å². The molecule has 1 aliphatic rings. The number of nitrogens with zero attached hydrogens (tertiary/aromatic N) is 1. The molecule has 2 rings (SSSR count). The van der Waals surface area contributed by atoms with Crippen LogP contribution in [0.3, 0.4) is 0 Å². The highest BCUT2D eigenvalue weighted by Crippen LogP contribution is 2.37. The number of carboxylic acid groups (broad SMARTS) is 1. The molecule has 1 unspecified atom stereocenters. The van der Waals surface area contributed by atoms with E-state index in [2.05, 4.69) is 0 Å². The van der Waals surface area contributed by atoms with Gasteiger partial charge >= 0.3 is 5.97 Å². The van der Waals surface area contributed by atoms with Crippen molar-refractivity contribution < 1.29 is 19.4 Å². The molecule has 1 aliphatic carbocycles. The van der Waals surface area contributed by atoms with Crippen LogP contribution in [0.15, 0.2) is 24.3 Å². The van der Waals surface area contributed by atoms with Crippen LogP contribution in [0.2, 0.25) is 0 Å². The van der Waals surface area contributed by atoms with Crippen LogP contribution in [0.25, 0.3) is 0 Å². The van der Waals surface area contributed by atoms with Gasteiger partial charge in [0.1, 0.15) is 5.75 Å². The summed E-state index contributed by atoms with van der Waals surface area (Å²) < 4.78 is 5.07. The van der Waals surface area contributed by atoms with E-state index in [0.717, 1.165) is 18.4 Å². The Morgan fingerprint density at radius 1 is 1.33 bits per heavy atom. The average Bonchev–Trinajstić information content (AvgIpc) is 3.29. The lowest BCUT2D eigenvalue weighted by molar-refractivity contribution is -0.139. The fourth-order valence-corrected chi connectivity index (χ4v) is 2.33. The zero-order valence-electron chi connectivity index (χ0n) is 12.4. The van der Waals surface area contributed by atoms with Crippen LogP contribution in [-0.2, 0) is 16.1 Å². The Morgan fingerprint density at radius 3 is 2.48 bits per heavy atom. The lowest BCUT2D eigenvalue weighted by atomic mass is 10.0. The van der Waals surface area contributed by atoms with Gasteiger partial charge in [0.15, 0.2) is 6.61 Å². The van der Waals surface area contributed by atoms with E-state index in [1.165, 1.54) is 0 Å². The molecule has 0 saturated heterocycles. The zero-order chi connectivity index (χ0) is 15.4. The first kappa shape index (κ1) is 15.4. The molecule has 1 atom stereocenters. The summed E-state index contributed by atoms with van der Waals surface area (Å²) in [7, 11) is 1.82. The number of ether oxygens (including phenoxy) is 1. The third-order valence-corrected chi connectivity index (χ3v) is 3.80. The maximum Gasteiger partial charge on any atom is 0.341 e. The summed E-state index contributed by atoms with van der Waals surface area (Å²) in [5.74, 6) is 0.364. The summed E-state index contributed by atoms with van der Waals surface area (Å²) in [6.45, 7) is 2.20. The summed E-state index contributed by atoms with van der Waals surface area (Å²) in [5.41, 5.74) is 0.997. The van der Waals surface area contributed by atoms with Crippen LogP contribution in [0, 0.1) is 11.8 Å². The molecule has 1 N–H and O–H groups in total. The standard InChI is InChI=1S/C16H21NO4/c1-11(13-5-6-13)16(20)17(2)9-12-3-7-14(8-4-12)21-10-15(18)19/h3-4,7-8,11,13H,5-6,9-10H2,1-2H3,(H,18,19). The summed E-state index contributed by atoms with van der Waals surface area (Å²) in [6, 6.07) is 7.15. The number of carboxylic acids is 1. The molecule has 0 aliphatic heterocycles. The minimum absolute atomic E-state index is 0.105. The van der Waals surface area contributed by atoms with Crippen molar-refractivity contribution in [1.29, 1.82) is 0 Å². The number of amides is 1. The monoisotopic (exact) mass is 291 g/mol. The quantitative estimate of drug-likeness (QED) is 0.836. The van der Waals surface area contributed by atoms with Crippen LogP contribution in [0.4, 0.5) is 0 Å². The number of benzene rings is 1. The summed E-state index contributed by atoms with van der Waals surface area (Å²) in [5, 5.41) is 8.54. The lowest BCUT2D eigenvalue weighted by Crippen LogP contribution is -2.32. The van der Waals surface area contributed by atoms with Crippen molar-refractivity contribution >= 4 is 11.9 Å². The molecule has 5 nitrogen and oxygen atoms in total. The SMILES string of the molecule is CC(C(=O)N(C)Cc1ccc(OCC(=O)O)cc1)C1CC1. The zero-order valence-corrected chi connectivity index (χ0v) is 12.4. The highest BCUT2D eigenvalue weighted by molar-refractivity contribution is 5.78. The minimum atomic E-state index is -1.00. The third kappa shape index (κ3) is 4.48. The van der Waals surface area contributed by atoms with Crippen molar-refractivity contribution in [2.45, 2.75) is 26.3 Å². The molecule has 5 heteroatoms. The lowest BCUT2D eigenvalue weighted by Gasteiger charge is -2.21. The van der Waals surface area contributed by atoms with Gasteiger partial charge in [0.05, 0.1) is 0 Å². The Kier molecular flexibility index (Phi) is 4.83. The van der Waals surface area contributed by atoms with E-state index in [1.54, 1.807) is 17.0 Å². The van der Waals surface area contributed by atoms with E-state index < -0.39 is 5.97 Å². The Bertz CT molecular complexity index is 508. The normalized spacial score (nSPS) is 15.3. The molecule has 114 valence electrons. The van der Waals surface area contributed by atoms with Crippen LogP contribution >= 0.6 is 0 Å². The topological polar surface area (TPSA) is 66.8 Å². The molecular weight excluding hydrogens is 270 g/mol. The van der Waals surface area contributed by atoms with E-state index in [0.29, 0.717) is 18.2 Å². The summed E-state index contributed by atoms with van der Waals surface area (Å²) >= 11 is 0.